The second-order valence-corrected chi connectivity index (χ2v) is 9.21. The topological polar surface area (TPSA) is 92.4 Å². The zero-order valence-electron chi connectivity index (χ0n) is 22.0. The van der Waals surface area contributed by atoms with Gasteiger partial charge >= 0.3 is 6.03 Å². The first-order chi connectivity index (χ1) is 17.2. The zero-order valence-corrected chi connectivity index (χ0v) is 22.0. The molecule has 196 valence electrons. The van der Waals surface area contributed by atoms with Gasteiger partial charge in [0.15, 0.2) is 0 Å². The summed E-state index contributed by atoms with van der Waals surface area (Å²) in [5, 5.41) is 5.58. The number of methoxy groups -OCH3 is 2. The average Bonchev–Trinajstić information content (AvgIpc) is 2.88. The van der Waals surface area contributed by atoms with Gasteiger partial charge in [-0.25, -0.2) is 4.79 Å². The van der Waals surface area contributed by atoms with E-state index in [2.05, 4.69) is 36.3 Å². The van der Waals surface area contributed by atoms with E-state index in [1.54, 1.807) is 68.6 Å². The fourth-order valence-corrected chi connectivity index (χ4v) is 4.36. The molecular formula is C27H38N4O5. The number of nitrogens with zero attached hydrogens (tertiary/aromatic N) is 2. The monoisotopic (exact) mass is 498 g/mol. The second kappa shape index (κ2) is 12.6. The number of benzene rings is 2. The molecule has 1 aliphatic rings. The molecule has 0 bridgehead atoms. The maximum Gasteiger partial charge on any atom is 0.323 e. The molecule has 0 spiro atoms. The zero-order chi connectivity index (χ0) is 26.2. The first kappa shape index (κ1) is 27.3. The van der Waals surface area contributed by atoms with Crippen LogP contribution in [0.25, 0.3) is 0 Å². The van der Waals surface area contributed by atoms with E-state index in [0.717, 1.165) is 13.1 Å². The van der Waals surface area contributed by atoms with Crippen LogP contribution in [0.2, 0.25) is 0 Å². The largest absolute Gasteiger partial charge is 0.497 e. The Hall–Kier alpha value is -3.30. The Balaban J connectivity index is 1.85. The Morgan fingerprint density at radius 1 is 1.08 bits per heavy atom. The van der Waals surface area contributed by atoms with Gasteiger partial charge in [0.05, 0.1) is 18.8 Å². The Bertz CT molecular complexity index is 1050. The summed E-state index contributed by atoms with van der Waals surface area (Å²) in [6.45, 7) is 9.01. The maximum absolute atomic E-state index is 13.5. The number of carbonyl (C=O) groups is 2. The highest BCUT2D eigenvalue weighted by Gasteiger charge is 2.28. The molecule has 3 rings (SSSR count). The van der Waals surface area contributed by atoms with Crippen molar-refractivity contribution in [3.05, 3.63) is 48.0 Å². The van der Waals surface area contributed by atoms with E-state index < -0.39 is 6.03 Å². The van der Waals surface area contributed by atoms with Crippen molar-refractivity contribution >= 4 is 23.3 Å². The molecule has 2 aromatic carbocycles. The third-order valence-electron chi connectivity index (χ3n) is 6.57. The Kier molecular flexibility index (Phi) is 9.55. The van der Waals surface area contributed by atoms with Gasteiger partial charge in [-0.1, -0.05) is 19.9 Å². The van der Waals surface area contributed by atoms with Crippen molar-refractivity contribution in [2.24, 2.45) is 5.92 Å². The standard InChI is InChI=1S/C27H38N4O5/c1-7-31-15-18(2)25(35-6)16-30(4)26(32)23-14-21(11-12-24(23)36-17-19(31)3)29-27(33)28-20-9-8-10-22(13-20)34-5/h8-14,18-19,25H,7,15-17H2,1-6H3,(H2,28,29,33)/t18-,19-,25-/m1/s1. The Labute approximate surface area is 213 Å². The first-order valence-corrected chi connectivity index (χ1v) is 12.3. The van der Waals surface area contributed by atoms with E-state index in [4.69, 9.17) is 14.2 Å². The second-order valence-electron chi connectivity index (χ2n) is 9.21. The van der Waals surface area contributed by atoms with Crippen molar-refractivity contribution in [2.45, 2.75) is 32.9 Å². The molecule has 0 unspecified atom stereocenters. The van der Waals surface area contributed by atoms with E-state index in [1.807, 2.05) is 0 Å². The summed E-state index contributed by atoms with van der Waals surface area (Å²) >= 11 is 0. The molecule has 36 heavy (non-hydrogen) atoms. The lowest BCUT2D eigenvalue weighted by atomic mass is 10.0. The van der Waals surface area contributed by atoms with Crippen LogP contribution in [0.1, 0.15) is 31.1 Å². The number of hydrogen-bond donors (Lipinski definition) is 2. The molecule has 0 fully saturated rings. The van der Waals surface area contributed by atoms with E-state index in [-0.39, 0.29) is 24.0 Å². The third-order valence-corrected chi connectivity index (χ3v) is 6.57. The molecule has 2 aromatic rings. The smallest absolute Gasteiger partial charge is 0.323 e. The average molecular weight is 499 g/mol. The predicted molar refractivity (Wildman–Crippen MR) is 141 cm³/mol. The molecule has 0 saturated heterocycles. The van der Waals surface area contributed by atoms with Crippen LogP contribution in [0.3, 0.4) is 0 Å². The van der Waals surface area contributed by atoms with Crippen LogP contribution < -0.4 is 20.1 Å². The molecule has 9 nitrogen and oxygen atoms in total. The quantitative estimate of drug-likeness (QED) is 0.643. The van der Waals surface area contributed by atoms with E-state index in [1.165, 1.54) is 0 Å². The predicted octanol–water partition coefficient (Wildman–Crippen LogP) is 4.17. The van der Waals surface area contributed by atoms with Crippen LogP contribution in [0.15, 0.2) is 42.5 Å². The molecule has 0 saturated carbocycles. The van der Waals surface area contributed by atoms with Crippen LogP contribution in [0, 0.1) is 5.92 Å². The van der Waals surface area contributed by atoms with E-state index in [0.29, 0.717) is 41.6 Å². The molecule has 3 amide bonds. The number of urea groups is 1. The summed E-state index contributed by atoms with van der Waals surface area (Å²) in [6.07, 6.45) is -0.112. The minimum atomic E-state index is -0.432. The summed E-state index contributed by atoms with van der Waals surface area (Å²) < 4.78 is 17.1. The Morgan fingerprint density at radius 3 is 2.47 bits per heavy atom. The van der Waals surface area contributed by atoms with E-state index >= 15 is 0 Å². The van der Waals surface area contributed by atoms with Gasteiger partial charge in [-0.05, 0) is 49.7 Å². The van der Waals surface area contributed by atoms with Gasteiger partial charge in [0.2, 0.25) is 0 Å². The minimum Gasteiger partial charge on any atom is -0.497 e. The number of ether oxygens (including phenoxy) is 3. The van der Waals surface area contributed by atoms with Gasteiger partial charge in [-0.3, -0.25) is 9.69 Å². The number of amides is 3. The van der Waals surface area contributed by atoms with Crippen molar-refractivity contribution in [1.29, 1.82) is 0 Å². The van der Waals surface area contributed by atoms with Gasteiger partial charge in [0.1, 0.15) is 18.1 Å². The summed E-state index contributed by atoms with van der Waals surface area (Å²) in [7, 11) is 5.01. The molecule has 1 aliphatic heterocycles. The highest BCUT2D eigenvalue weighted by Crippen LogP contribution is 2.27. The molecule has 9 heteroatoms. The van der Waals surface area contributed by atoms with Crippen molar-refractivity contribution < 1.29 is 23.8 Å². The van der Waals surface area contributed by atoms with Crippen LogP contribution in [-0.2, 0) is 4.74 Å². The molecule has 3 atom stereocenters. The summed E-state index contributed by atoms with van der Waals surface area (Å²) in [6, 6.07) is 11.9. The minimum absolute atomic E-state index is 0.112. The third kappa shape index (κ3) is 6.89. The van der Waals surface area contributed by atoms with Gasteiger partial charge in [0, 0.05) is 50.7 Å². The van der Waals surface area contributed by atoms with Crippen LogP contribution in [-0.4, -0.2) is 81.4 Å². The number of nitrogens with one attached hydrogen (secondary N) is 2. The summed E-state index contributed by atoms with van der Waals surface area (Å²) in [5.74, 6) is 1.14. The lowest BCUT2D eigenvalue weighted by Gasteiger charge is -2.35. The number of carbonyl (C=O) groups excluding carboxylic acids is 2. The Morgan fingerprint density at radius 2 is 1.81 bits per heavy atom. The molecule has 2 N–H and O–H groups in total. The van der Waals surface area contributed by atoms with Crippen molar-refractivity contribution in [2.75, 3.05) is 58.1 Å². The summed E-state index contributed by atoms with van der Waals surface area (Å²) in [4.78, 5) is 30.1. The fraction of sp³-hybridized carbons (Fsp3) is 0.481. The normalized spacial score (nSPS) is 21.4. The number of hydrogen-bond acceptors (Lipinski definition) is 6. The molecule has 0 aromatic heterocycles. The molecule has 1 heterocycles. The van der Waals surface area contributed by atoms with Gasteiger partial charge in [-0.15, -0.1) is 0 Å². The highest BCUT2D eigenvalue weighted by molar-refractivity contribution is 6.02. The SMILES string of the molecule is CCN1C[C@@H](C)[C@H](OC)CN(C)C(=O)c2cc(NC(=O)Nc3cccc(OC)c3)ccc2OC[C@H]1C. The van der Waals surface area contributed by atoms with E-state index in [9.17, 15) is 9.59 Å². The van der Waals surface area contributed by atoms with Crippen molar-refractivity contribution in [3.63, 3.8) is 0 Å². The molecular weight excluding hydrogens is 460 g/mol. The maximum atomic E-state index is 13.5. The lowest BCUT2D eigenvalue weighted by molar-refractivity contribution is 0.0116. The van der Waals surface area contributed by atoms with Gasteiger partial charge < -0.3 is 29.7 Å². The highest BCUT2D eigenvalue weighted by atomic mass is 16.5. The lowest BCUT2D eigenvalue weighted by Crippen LogP contribution is -2.46. The molecule has 0 aliphatic carbocycles. The first-order valence-electron chi connectivity index (χ1n) is 12.3. The van der Waals surface area contributed by atoms with Crippen molar-refractivity contribution in [1.82, 2.24) is 9.80 Å². The van der Waals surface area contributed by atoms with Gasteiger partial charge in [0.25, 0.3) is 5.91 Å². The number of fused-ring (bicyclic) bond motifs is 1. The number of rotatable bonds is 5. The van der Waals surface area contributed by atoms with Crippen LogP contribution in [0.5, 0.6) is 11.5 Å². The molecule has 0 radical (unpaired) electrons. The summed E-state index contributed by atoms with van der Waals surface area (Å²) in [5.41, 5.74) is 1.45. The van der Waals surface area contributed by atoms with Crippen molar-refractivity contribution in [3.8, 4) is 11.5 Å². The fourth-order valence-electron chi connectivity index (χ4n) is 4.36. The van der Waals surface area contributed by atoms with Crippen LogP contribution >= 0.6 is 0 Å². The number of likely N-dealkylation sites (N-methyl/N-ethyl adjacent to an activating group) is 2. The number of anilines is 2. The van der Waals surface area contributed by atoms with Gasteiger partial charge in [-0.2, -0.15) is 0 Å². The van der Waals surface area contributed by atoms with Crippen LogP contribution in [0.4, 0.5) is 16.2 Å².